The van der Waals surface area contributed by atoms with Crippen LogP contribution in [0.2, 0.25) is 0 Å². The number of para-hydroxylation sites is 1. The highest BCUT2D eigenvalue weighted by Gasteiger charge is 2.30. The minimum absolute atomic E-state index is 0.0259. The molecule has 4 N–H and O–H groups in total. The monoisotopic (exact) mass is 462 g/mol. The number of methoxy groups -OCH3 is 1. The number of anilines is 3. The first kappa shape index (κ1) is 21.9. The number of carbonyl (C=O) groups excluding carboxylic acids is 1. The minimum Gasteiger partial charge on any atom is -0.494 e. The van der Waals surface area contributed by atoms with Crippen molar-refractivity contribution in [1.29, 1.82) is 0 Å². The summed E-state index contributed by atoms with van der Waals surface area (Å²) in [6.07, 6.45) is 8.18. The van der Waals surface area contributed by atoms with Crippen LogP contribution in [0.15, 0.2) is 47.8 Å². The van der Waals surface area contributed by atoms with Crippen LogP contribution >= 0.6 is 0 Å². The van der Waals surface area contributed by atoms with E-state index in [4.69, 9.17) is 4.74 Å². The van der Waals surface area contributed by atoms with Gasteiger partial charge in [-0.1, -0.05) is 12.1 Å². The summed E-state index contributed by atoms with van der Waals surface area (Å²) in [4.78, 5) is 21.2. The number of nitrogens with one attached hydrogen (secondary N) is 3. The zero-order valence-electron chi connectivity index (χ0n) is 18.9. The summed E-state index contributed by atoms with van der Waals surface area (Å²) < 4.78 is 7.41. The molecule has 1 amide bonds. The molecular weight excluding hydrogens is 436 g/mol. The van der Waals surface area contributed by atoms with Gasteiger partial charge in [0, 0.05) is 36.4 Å². The molecule has 1 atom stereocenters. The van der Waals surface area contributed by atoms with Crippen molar-refractivity contribution < 1.29 is 14.6 Å². The number of hydrogen-bond donors (Lipinski definition) is 4. The molecule has 11 heteroatoms. The van der Waals surface area contributed by atoms with Crippen molar-refractivity contribution >= 4 is 29.4 Å². The van der Waals surface area contributed by atoms with E-state index in [0.29, 0.717) is 28.5 Å². The number of aliphatic imine (C=N–C) groups is 1. The van der Waals surface area contributed by atoms with Gasteiger partial charge in [0.2, 0.25) is 5.91 Å². The van der Waals surface area contributed by atoms with E-state index in [1.807, 2.05) is 30.3 Å². The quantitative estimate of drug-likeness (QED) is 0.402. The van der Waals surface area contributed by atoms with E-state index < -0.39 is 0 Å². The second kappa shape index (κ2) is 9.12. The molecule has 0 radical (unpaired) electrons. The molecule has 1 unspecified atom stereocenters. The fourth-order valence-corrected chi connectivity index (χ4v) is 3.83. The van der Waals surface area contributed by atoms with Gasteiger partial charge in [-0.05, 0) is 18.9 Å². The maximum Gasteiger partial charge on any atom is 0.228 e. The van der Waals surface area contributed by atoms with Crippen LogP contribution in [0.3, 0.4) is 0 Å². The molecule has 0 bridgehead atoms. The molecule has 0 saturated heterocycles. The molecular formula is C23H26N8O3. The Hall–Kier alpha value is -3.96. The highest BCUT2D eigenvalue weighted by atomic mass is 16.5. The number of ether oxygens (including phenoxy) is 1. The summed E-state index contributed by atoms with van der Waals surface area (Å²) in [5, 5.41) is 22.0. The molecule has 1 fully saturated rings. The Morgan fingerprint density at radius 2 is 2.15 bits per heavy atom. The van der Waals surface area contributed by atoms with E-state index in [0.717, 1.165) is 24.1 Å². The van der Waals surface area contributed by atoms with Crippen LogP contribution in [0.25, 0.3) is 5.69 Å². The van der Waals surface area contributed by atoms with Gasteiger partial charge in [-0.25, -0.2) is 14.7 Å². The number of amides is 1. The van der Waals surface area contributed by atoms with Crippen molar-refractivity contribution in [2.24, 2.45) is 10.9 Å². The van der Waals surface area contributed by atoms with E-state index in [1.165, 1.54) is 0 Å². The Kier molecular flexibility index (Phi) is 5.86. The maximum atomic E-state index is 12.3. The third-order valence-corrected chi connectivity index (χ3v) is 5.79. The molecule has 2 aliphatic rings. The largest absolute Gasteiger partial charge is 0.494 e. The lowest BCUT2D eigenvalue weighted by Crippen LogP contribution is -2.29. The van der Waals surface area contributed by atoms with E-state index in [1.54, 1.807) is 42.8 Å². The van der Waals surface area contributed by atoms with Crippen LogP contribution < -0.4 is 20.8 Å². The van der Waals surface area contributed by atoms with Crippen molar-refractivity contribution in [3.05, 3.63) is 54.0 Å². The van der Waals surface area contributed by atoms with Crippen molar-refractivity contribution in [2.75, 3.05) is 24.8 Å². The smallest absolute Gasteiger partial charge is 0.228 e. The summed E-state index contributed by atoms with van der Waals surface area (Å²) in [7, 11) is 3.52. The number of pyridine rings is 1. The third-order valence-electron chi connectivity index (χ3n) is 5.79. The topological polar surface area (TPSA) is 129 Å². The van der Waals surface area contributed by atoms with Crippen LogP contribution in [0.4, 0.5) is 17.2 Å². The summed E-state index contributed by atoms with van der Waals surface area (Å²) in [6, 6.07) is 7.56. The summed E-state index contributed by atoms with van der Waals surface area (Å²) in [5.74, 6) is 1.12. The van der Waals surface area contributed by atoms with Crippen LogP contribution in [-0.4, -0.2) is 51.3 Å². The Labute approximate surface area is 196 Å². The fraction of sp³-hybridized carbons (Fsp3) is 0.304. The number of rotatable bonds is 8. The van der Waals surface area contributed by atoms with Gasteiger partial charge in [0.1, 0.15) is 23.4 Å². The first-order valence-electron chi connectivity index (χ1n) is 11.0. The van der Waals surface area contributed by atoms with Crippen LogP contribution in [0.1, 0.15) is 30.1 Å². The predicted molar refractivity (Wildman–Crippen MR) is 127 cm³/mol. The third kappa shape index (κ3) is 4.30. The number of hydrogen-bond acceptors (Lipinski definition) is 9. The van der Waals surface area contributed by atoms with E-state index >= 15 is 0 Å². The average Bonchev–Trinajstić information content (AvgIpc) is 3.44. The normalized spacial score (nSPS) is 17.4. The van der Waals surface area contributed by atoms with Gasteiger partial charge >= 0.3 is 0 Å². The Morgan fingerprint density at radius 1 is 1.29 bits per heavy atom. The van der Waals surface area contributed by atoms with Gasteiger partial charge in [-0.15, -0.1) is 0 Å². The van der Waals surface area contributed by atoms with Gasteiger partial charge in [0.05, 0.1) is 43.8 Å². The number of benzene rings is 1. The van der Waals surface area contributed by atoms with E-state index in [9.17, 15) is 9.90 Å². The number of aliphatic hydroxyl groups excluding tert-OH is 1. The SMILES string of the molecule is COc1c(Nc2cc(NC(=O)C3CC3)ncc2-n2cc(CO)cn2)cccc1C1N=CNN1C. The van der Waals surface area contributed by atoms with E-state index in [2.05, 4.69) is 31.1 Å². The predicted octanol–water partition coefficient (Wildman–Crippen LogP) is 2.34. The van der Waals surface area contributed by atoms with Gasteiger partial charge in [0.25, 0.3) is 0 Å². The van der Waals surface area contributed by atoms with Gasteiger partial charge in [-0.3, -0.25) is 4.79 Å². The molecule has 1 aliphatic heterocycles. The van der Waals surface area contributed by atoms with Gasteiger partial charge in [0.15, 0.2) is 0 Å². The number of aromatic nitrogens is 3. The fourth-order valence-electron chi connectivity index (χ4n) is 3.83. The van der Waals surface area contributed by atoms with Gasteiger partial charge < -0.3 is 25.9 Å². The average molecular weight is 463 g/mol. The van der Waals surface area contributed by atoms with Crippen LogP contribution in [0.5, 0.6) is 5.75 Å². The second-order valence-corrected chi connectivity index (χ2v) is 8.25. The first-order chi connectivity index (χ1) is 16.6. The molecule has 0 spiro atoms. The standard InChI is InChI=1S/C23H26N8O3/c1-30-22(25-13-27-30)16-4-3-5-17(21(16)34-2)28-18-8-20(29-23(33)15-6-7-15)24-10-19(18)31-11-14(12-32)9-26-31/h3-5,8-11,13,15,22,32H,6-7,12H2,1-2H3,(H,25,27)(H2,24,28,29,33). The molecule has 176 valence electrons. The van der Waals surface area contributed by atoms with Crippen LogP contribution in [0, 0.1) is 5.92 Å². The Morgan fingerprint density at radius 3 is 2.82 bits per heavy atom. The van der Waals surface area contributed by atoms with Crippen molar-refractivity contribution in [3.63, 3.8) is 0 Å². The second-order valence-electron chi connectivity index (χ2n) is 8.25. The summed E-state index contributed by atoms with van der Waals surface area (Å²) in [5.41, 5.74) is 6.63. The highest BCUT2D eigenvalue weighted by Crippen LogP contribution is 2.39. The number of carbonyl (C=O) groups is 1. The molecule has 5 rings (SSSR count). The molecule has 1 saturated carbocycles. The Bertz CT molecular complexity index is 1240. The highest BCUT2D eigenvalue weighted by molar-refractivity contribution is 5.94. The molecule has 34 heavy (non-hydrogen) atoms. The number of hydrazine groups is 1. The first-order valence-corrected chi connectivity index (χ1v) is 11.0. The number of nitrogens with zero attached hydrogens (tertiary/aromatic N) is 5. The van der Waals surface area contributed by atoms with Crippen LogP contribution in [-0.2, 0) is 11.4 Å². The van der Waals surface area contributed by atoms with Crippen molar-refractivity contribution in [2.45, 2.75) is 25.6 Å². The van der Waals surface area contributed by atoms with Gasteiger partial charge in [-0.2, -0.15) is 10.1 Å². The molecule has 1 aromatic carbocycles. The summed E-state index contributed by atoms with van der Waals surface area (Å²) >= 11 is 0. The molecule has 1 aliphatic carbocycles. The zero-order valence-corrected chi connectivity index (χ0v) is 18.9. The lowest BCUT2D eigenvalue weighted by atomic mass is 10.1. The summed E-state index contributed by atoms with van der Waals surface area (Å²) in [6.45, 7) is -0.120. The Balaban J connectivity index is 1.53. The lowest BCUT2D eigenvalue weighted by molar-refractivity contribution is -0.117. The molecule has 3 aromatic rings. The molecule has 11 nitrogen and oxygen atoms in total. The van der Waals surface area contributed by atoms with Crippen molar-refractivity contribution in [1.82, 2.24) is 25.2 Å². The molecule has 2 aromatic heterocycles. The minimum atomic E-state index is -0.236. The zero-order chi connectivity index (χ0) is 23.7. The van der Waals surface area contributed by atoms with Crippen molar-refractivity contribution in [3.8, 4) is 11.4 Å². The lowest BCUT2D eigenvalue weighted by Gasteiger charge is -2.22. The number of aliphatic hydroxyl groups is 1. The maximum absolute atomic E-state index is 12.3. The molecule has 3 heterocycles. The van der Waals surface area contributed by atoms with E-state index in [-0.39, 0.29) is 24.6 Å².